The highest BCUT2D eigenvalue weighted by Gasteiger charge is 2.09. The Bertz CT molecular complexity index is 580. The van der Waals surface area contributed by atoms with Crippen molar-refractivity contribution in [1.29, 1.82) is 0 Å². The molecule has 0 unspecified atom stereocenters. The average molecular weight is 338 g/mol. The summed E-state index contributed by atoms with van der Waals surface area (Å²) >= 11 is 3.58. The molecule has 1 N–H and O–H groups in total. The third-order valence-corrected chi connectivity index (χ3v) is 4.31. The van der Waals surface area contributed by atoms with Crippen LogP contribution in [0.1, 0.15) is 17.0 Å². The molecule has 0 aliphatic carbocycles. The van der Waals surface area contributed by atoms with Gasteiger partial charge in [-0.1, -0.05) is 12.1 Å². The molecule has 4 nitrogen and oxygen atoms in total. The number of hydrogen-bond donors (Lipinski definition) is 1. The van der Waals surface area contributed by atoms with Crippen molar-refractivity contribution in [3.63, 3.8) is 0 Å². The van der Waals surface area contributed by atoms with Gasteiger partial charge in [0.05, 0.1) is 23.0 Å². The van der Waals surface area contributed by atoms with Crippen molar-refractivity contribution < 1.29 is 4.74 Å². The summed E-state index contributed by atoms with van der Waals surface area (Å²) in [5.74, 6) is 0.910. The van der Waals surface area contributed by atoms with E-state index < -0.39 is 0 Å². The molecule has 0 saturated heterocycles. The van der Waals surface area contributed by atoms with Crippen LogP contribution in [0.5, 0.6) is 5.75 Å². The lowest BCUT2D eigenvalue weighted by molar-refractivity contribution is 0.414. The minimum absolute atomic E-state index is 0.807. The number of aromatic nitrogens is 2. The van der Waals surface area contributed by atoms with Crippen molar-refractivity contribution in [3.8, 4) is 5.75 Å². The van der Waals surface area contributed by atoms with Crippen LogP contribution in [0, 0.1) is 6.92 Å². The number of methoxy groups -OCH3 is 1. The lowest BCUT2D eigenvalue weighted by Crippen LogP contribution is -2.18. The second-order valence-electron chi connectivity index (χ2n) is 4.75. The molecule has 0 amide bonds. The van der Waals surface area contributed by atoms with Crippen molar-refractivity contribution in [2.24, 2.45) is 7.05 Å². The first kappa shape index (κ1) is 15.1. The van der Waals surface area contributed by atoms with Crippen LogP contribution in [0.25, 0.3) is 0 Å². The maximum absolute atomic E-state index is 5.23. The zero-order valence-corrected chi connectivity index (χ0v) is 13.7. The van der Waals surface area contributed by atoms with Crippen LogP contribution in [0.3, 0.4) is 0 Å². The Balaban J connectivity index is 1.84. The highest BCUT2D eigenvalue weighted by Crippen LogP contribution is 2.19. The van der Waals surface area contributed by atoms with E-state index in [2.05, 4.69) is 38.5 Å². The molecule has 0 saturated carbocycles. The lowest BCUT2D eigenvalue weighted by Gasteiger charge is -2.07. The second kappa shape index (κ2) is 6.90. The molecule has 2 aromatic rings. The van der Waals surface area contributed by atoms with Crippen molar-refractivity contribution in [2.45, 2.75) is 19.9 Å². The third kappa shape index (κ3) is 3.61. The molecule has 1 aromatic heterocycles. The van der Waals surface area contributed by atoms with E-state index in [4.69, 9.17) is 4.74 Å². The summed E-state index contributed by atoms with van der Waals surface area (Å²) in [5, 5.41) is 7.83. The Hall–Kier alpha value is -1.33. The number of hydrogen-bond acceptors (Lipinski definition) is 3. The highest BCUT2D eigenvalue weighted by molar-refractivity contribution is 9.10. The zero-order chi connectivity index (χ0) is 14.5. The molecule has 1 aromatic carbocycles. The van der Waals surface area contributed by atoms with E-state index in [1.807, 2.05) is 30.8 Å². The number of aryl methyl sites for hydroxylation is 2. The fraction of sp³-hybridized carbons (Fsp3) is 0.400. The van der Waals surface area contributed by atoms with Crippen molar-refractivity contribution in [2.75, 3.05) is 13.7 Å². The smallest absolute Gasteiger partial charge is 0.119 e. The quantitative estimate of drug-likeness (QED) is 0.824. The van der Waals surface area contributed by atoms with E-state index in [0.29, 0.717) is 0 Å². The predicted octanol–water partition coefficient (Wildman–Crippen LogP) is 2.83. The maximum atomic E-state index is 5.23. The van der Waals surface area contributed by atoms with Crippen molar-refractivity contribution in [1.82, 2.24) is 15.1 Å². The monoisotopic (exact) mass is 337 g/mol. The maximum Gasteiger partial charge on any atom is 0.119 e. The first-order valence-corrected chi connectivity index (χ1v) is 7.42. The molecule has 2 rings (SSSR count). The molecule has 1 heterocycles. The van der Waals surface area contributed by atoms with E-state index in [1.165, 1.54) is 11.3 Å². The van der Waals surface area contributed by atoms with E-state index in [9.17, 15) is 0 Å². The largest absolute Gasteiger partial charge is 0.497 e. The Kier molecular flexibility index (Phi) is 5.20. The van der Waals surface area contributed by atoms with Gasteiger partial charge in [0.15, 0.2) is 0 Å². The highest BCUT2D eigenvalue weighted by atomic mass is 79.9. The SMILES string of the molecule is COc1cccc(CCNCc2c(Br)c(C)nn2C)c1. The molecular formula is C15H20BrN3O. The molecule has 108 valence electrons. The van der Waals surface area contributed by atoms with Crippen LogP contribution < -0.4 is 10.1 Å². The van der Waals surface area contributed by atoms with Gasteiger partial charge in [0.25, 0.3) is 0 Å². The number of ether oxygens (including phenoxy) is 1. The van der Waals surface area contributed by atoms with Gasteiger partial charge in [0, 0.05) is 13.6 Å². The number of rotatable bonds is 6. The Morgan fingerprint density at radius 1 is 1.40 bits per heavy atom. The fourth-order valence-electron chi connectivity index (χ4n) is 2.14. The van der Waals surface area contributed by atoms with Gasteiger partial charge in [-0.25, -0.2) is 0 Å². The summed E-state index contributed by atoms with van der Waals surface area (Å²) in [7, 11) is 3.66. The van der Waals surface area contributed by atoms with E-state index in [1.54, 1.807) is 7.11 Å². The summed E-state index contributed by atoms with van der Waals surface area (Å²) in [6, 6.07) is 8.18. The number of nitrogens with one attached hydrogen (secondary N) is 1. The number of nitrogens with zero attached hydrogens (tertiary/aromatic N) is 2. The van der Waals surface area contributed by atoms with Gasteiger partial charge < -0.3 is 10.1 Å². The molecule has 0 fully saturated rings. The Morgan fingerprint density at radius 3 is 2.85 bits per heavy atom. The van der Waals surface area contributed by atoms with Crippen LogP contribution in [0.4, 0.5) is 0 Å². The van der Waals surface area contributed by atoms with Crippen molar-refractivity contribution >= 4 is 15.9 Å². The van der Waals surface area contributed by atoms with E-state index >= 15 is 0 Å². The van der Waals surface area contributed by atoms with Gasteiger partial charge in [-0.05, 0) is 53.5 Å². The molecule has 0 atom stereocenters. The lowest BCUT2D eigenvalue weighted by atomic mass is 10.1. The van der Waals surface area contributed by atoms with Crippen LogP contribution in [0.2, 0.25) is 0 Å². The molecule has 0 spiro atoms. The summed E-state index contributed by atoms with van der Waals surface area (Å²) < 4.78 is 8.23. The standard InChI is InChI=1S/C15H20BrN3O/c1-11-15(16)14(19(2)18-11)10-17-8-7-12-5-4-6-13(9-12)20-3/h4-6,9,17H,7-8,10H2,1-3H3. The first-order chi connectivity index (χ1) is 9.61. The molecular weight excluding hydrogens is 318 g/mol. The topological polar surface area (TPSA) is 39.1 Å². The normalized spacial score (nSPS) is 10.8. The Labute approximate surface area is 128 Å². The summed E-state index contributed by atoms with van der Waals surface area (Å²) in [4.78, 5) is 0. The fourth-order valence-corrected chi connectivity index (χ4v) is 2.62. The number of benzene rings is 1. The predicted molar refractivity (Wildman–Crippen MR) is 84.0 cm³/mol. The van der Waals surface area contributed by atoms with Gasteiger partial charge in [0.1, 0.15) is 5.75 Å². The minimum Gasteiger partial charge on any atom is -0.497 e. The zero-order valence-electron chi connectivity index (χ0n) is 12.1. The molecule has 0 aliphatic heterocycles. The van der Waals surface area contributed by atoms with Crippen LogP contribution in [0.15, 0.2) is 28.7 Å². The summed E-state index contributed by atoms with van der Waals surface area (Å²) in [6.07, 6.45) is 0.978. The van der Waals surface area contributed by atoms with Gasteiger partial charge in [-0.3, -0.25) is 4.68 Å². The summed E-state index contributed by atoms with van der Waals surface area (Å²) in [6.45, 7) is 3.73. The van der Waals surface area contributed by atoms with E-state index in [0.717, 1.165) is 35.4 Å². The van der Waals surface area contributed by atoms with Crippen molar-refractivity contribution in [3.05, 3.63) is 45.7 Å². The van der Waals surface area contributed by atoms with Gasteiger partial charge in [-0.2, -0.15) is 5.10 Å². The minimum atomic E-state index is 0.807. The van der Waals surface area contributed by atoms with Gasteiger partial charge >= 0.3 is 0 Å². The van der Waals surface area contributed by atoms with Gasteiger partial charge in [0.2, 0.25) is 0 Å². The first-order valence-electron chi connectivity index (χ1n) is 6.63. The Morgan fingerprint density at radius 2 is 2.20 bits per heavy atom. The van der Waals surface area contributed by atoms with Crippen LogP contribution in [-0.2, 0) is 20.0 Å². The van der Waals surface area contributed by atoms with Crippen LogP contribution in [-0.4, -0.2) is 23.4 Å². The van der Waals surface area contributed by atoms with Crippen LogP contribution >= 0.6 is 15.9 Å². The molecule has 0 radical (unpaired) electrons. The average Bonchev–Trinajstić information content (AvgIpc) is 2.69. The summed E-state index contributed by atoms with van der Waals surface area (Å²) in [5.41, 5.74) is 3.47. The second-order valence-corrected chi connectivity index (χ2v) is 5.54. The van der Waals surface area contributed by atoms with Gasteiger partial charge in [-0.15, -0.1) is 0 Å². The van der Waals surface area contributed by atoms with E-state index in [-0.39, 0.29) is 0 Å². The molecule has 5 heteroatoms. The molecule has 0 aliphatic rings. The number of halogens is 1. The third-order valence-electron chi connectivity index (χ3n) is 3.28. The molecule has 20 heavy (non-hydrogen) atoms. The molecule has 0 bridgehead atoms.